The molecule has 2 aliphatic rings. The highest BCUT2D eigenvalue weighted by molar-refractivity contribution is 5.90. The molecule has 19 heavy (non-hydrogen) atoms. The molecule has 2 aliphatic heterocycles. The summed E-state index contributed by atoms with van der Waals surface area (Å²) in [7, 11) is 3.58. The monoisotopic (exact) mass is 257 g/mol. The molecule has 0 radical (unpaired) electrons. The minimum Gasteiger partial charge on any atom is -0.466 e. The number of benzene rings is 1. The Kier molecular flexibility index (Phi) is 2.94. The highest BCUT2D eigenvalue weighted by Crippen LogP contribution is 2.49. The van der Waals surface area contributed by atoms with Gasteiger partial charge in [-0.3, -0.25) is 4.90 Å². The first-order valence-corrected chi connectivity index (χ1v) is 6.76. The average Bonchev–Trinajstić information content (AvgIpc) is 2.67. The molecule has 3 rings (SSSR count). The van der Waals surface area contributed by atoms with Crippen molar-refractivity contribution in [3.05, 3.63) is 47.5 Å². The van der Waals surface area contributed by atoms with Crippen LogP contribution >= 0.6 is 0 Å². The zero-order valence-electron chi connectivity index (χ0n) is 11.4. The summed E-state index contributed by atoms with van der Waals surface area (Å²) in [4.78, 5) is 14.2. The van der Waals surface area contributed by atoms with Crippen molar-refractivity contribution in [1.29, 1.82) is 0 Å². The molecule has 2 heterocycles. The van der Waals surface area contributed by atoms with Gasteiger partial charge in [-0.1, -0.05) is 36.4 Å². The summed E-state index contributed by atoms with van der Waals surface area (Å²) in [5, 5.41) is 0. The molecule has 1 saturated heterocycles. The second kappa shape index (κ2) is 4.49. The molecule has 1 aromatic carbocycles. The lowest BCUT2D eigenvalue weighted by molar-refractivity contribution is -0.137. The van der Waals surface area contributed by atoms with Gasteiger partial charge in [-0.05, 0) is 31.9 Å². The van der Waals surface area contributed by atoms with E-state index >= 15 is 0 Å². The summed E-state index contributed by atoms with van der Waals surface area (Å²) in [6, 6.07) is 10.8. The van der Waals surface area contributed by atoms with E-state index in [4.69, 9.17) is 4.74 Å². The van der Waals surface area contributed by atoms with Crippen LogP contribution in [0.2, 0.25) is 0 Å². The van der Waals surface area contributed by atoms with E-state index in [1.807, 2.05) is 6.07 Å². The summed E-state index contributed by atoms with van der Waals surface area (Å²) in [6.45, 7) is 0. The van der Waals surface area contributed by atoms with Gasteiger partial charge in [0.25, 0.3) is 0 Å². The van der Waals surface area contributed by atoms with Crippen LogP contribution in [-0.2, 0) is 15.1 Å². The minimum atomic E-state index is -0.180. The van der Waals surface area contributed by atoms with Crippen LogP contribution in [0.3, 0.4) is 0 Å². The van der Waals surface area contributed by atoms with Gasteiger partial charge >= 0.3 is 5.97 Å². The van der Waals surface area contributed by atoms with Gasteiger partial charge in [0.1, 0.15) is 0 Å². The third-order valence-corrected chi connectivity index (χ3v) is 4.72. The number of fused-ring (bicyclic) bond motifs is 2. The molecular formula is C16H19NO2. The van der Waals surface area contributed by atoms with Gasteiger partial charge in [-0.25, -0.2) is 4.79 Å². The van der Waals surface area contributed by atoms with E-state index in [0.29, 0.717) is 0 Å². The summed E-state index contributed by atoms with van der Waals surface area (Å²) in [5.74, 6) is -0.180. The summed E-state index contributed by atoms with van der Waals surface area (Å²) in [5.41, 5.74) is 2.23. The normalized spacial score (nSPS) is 30.0. The molecule has 3 nitrogen and oxygen atoms in total. The fourth-order valence-electron chi connectivity index (χ4n) is 3.62. The maximum Gasteiger partial charge on any atom is 0.335 e. The Bertz CT molecular complexity index is 523. The highest BCUT2D eigenvalue weighted by atomic mass is 16.5. The molecule has 3 heteroatoms. The number of carbonyl (C=O) groups is 1. The van der Waals surface area contributed by atoms with Crippen molar-refractivity contribution < 1.29 is 9.53 Å². The number of nitrogens with zero attached hydrogens (tertiary/aromatic N) is 1. The van der Waals surface area contributed by atoms with E-state index in [9.17, 15) is 4.79 Å². The first-order chi connectivity index (χ1) is 9.19. The molecule has 0 N–H and O–H groups in total. The van der Waals surface area contributed by atoms with Crippen LogP contribution in [0.1, 0.15) is 24.8 Å². The van der Waals surface area contributed by atoms with E-state index < -0.39 is 0 Å². The van der Waals surface area contributed by atoms with E-state index in [1.165, 1.54) is 12.7 Å². The Balaban J connectivity index is 2.00. The second-order valence-electron chi connectivity index (χ2n) is 5.42. The Hall–Kier alpha value is -1.61. The van der Waals surface area contributed by atoms with Gasteiger partial charge in [-0.2, -0.15) is 0 Å². The molecule has 0 spiro atoms. The number of likely N-dealkylation sites (N-methyl/N-ethyl adjacent to an activating group) is 1. The lowest BCUT2D eigenvalue weighted by atomic mass is 9.83. The fraction of sp³-hybridized carbons (Fsp3) is 0.438. The molecule has 2 atom stereocenters. The van der Waals surface area contributed by atoms with E-state index in [1.54, 1.807) is 0 Å². The Morgan fingerprint density at radius 2 is 2.11 bits per heavy atom. The number of rotatable bonds is 2. The third-order valence-electron chi connectivity index (χ3n) is 4.72. The van der Waals surface area contributed by atoms with Crippen LogP contribution < -0.4 is 0 Å². The SMILES string of the molecule is COC(=O)C1=CC[C@]2(c3ccccc3)CC[C@H]1N2C. The van der Waals surface area contributed by atoms with Crippen molar-refractivity contribution in [3.63, 3.8) is 0 Å². The van der Waals surface area contributed by atoms with Crippen molar-refractivity contribution in [2.45, 2.75) is 30.8 Å². The van der Waals surface area contributed by atoms with Crippen molar-refractivity contribution >= 4 is 5.97 Å². The van der Waals surface area contributed by atoms with Gasteiger partial charge in [0.2, 0.25) is 0 Å². The first kappa shape index (κ1) is 12.4. The summed E-state index contributed by atoms with van der Waals surface area (Å²) in [6.07, 6.45) is 5.08. The number of carbonyl (C=O) groups excluding carboxylic acids is 1. The maximum atomic E-state index is 11.8. The topological polar surface area (TPSA) is 29.5 Å². The Morgan fingerprint density at radius 1 is 1.37 bits per heavy atom. The molecule has 100 valence electrons. The molecule has 0 aliphatic carbocycles. The van der Waals surface area contributed by atoms with Gasteiger partial charge in [0.05, 0.1) is 12.7 Å². The Morgan fingerprint density at radius 3 is 2.79 bits per heavy atom. The van der Waals surface area contributed by atoms with Crippen LogP contribution in [-0.4, -0.2) is 31.1 Å². The van der Waals surface area contributed by atoms with E-state index in [-0.39, 0.29) is 17.6 Å². The van der Waals surface area contributed by atoms with Crippen molar-refractivity contribution in [1.82, 2.24) is 4.90 Å². The van der Waals surface area contributed by atoms with Crippen LogP contribution in [0.5, 0.6) is 0 Å². The number of hydrogen-bond donors (Lipinski definition) is 0. The smallest absolute Gasteiger partial charge is 0.335 e. The standard InChI is InChI=1S/C16H19NO2/c1-17-14-9-11-16(17,12-6-4-3-5-7-12)10-8-13(14)15(18)19-2/h3-8,14H,9-11H2,1-2H3/t14-,16-/m1/s1. The lowest BCUT2D eigenvalue weighted by Crippen LogP contribution is -2.46. The van der Waals surface area contributed by atoms with E-state index in [0.717, 1.165) is 24.8 Å². The lowest BCUT2D eigenvalue weighted by Gasteiger charge is -2.42. The van der Waals surface area contributed by atoms with Gasteiger partial charge in [0, 0.05) is 11.6 Å². The molecule has 1 fully saturated rings. The highest BCUT2D eigenvalue weighted by Gasteiger charge is 2.49. The third kappa shape index (κ3) is 1.72. The predicted molar refractivity (Wildman–Crippen MR) is 73.6 cm³/mol. The van der Waals surface area contributed by atoms with Gasteiger partial charge in [0.15, 0.2) is 0 Å². The molecule has 1 aromatic rings. The minimum absolute atomic E-state index is 0.0590. The maximum absolute atomic E-state index is 11.8. The van der Waals surface area contributed by atoms with Crippen LogP contribution in [0.4, 0.5) is 0 Å². The van der Waals surface area contributed by atoms with Crippen molar-refractivity contribution in [3.8, 4) is 0 Å². The van der Waals surface area contributed by atoms with Crippen molar-refractivity contribution in [2.75, 3.05) is 14.2 Å². The molecule has 0 aromatic heterocycles. The van der Waals surface area contributed by atoms with Crippen molar-refractivity contribution in [2.24, 2.45) is 0 Å². The second-order valence-corrected chi connectivity index (χ2v) is 5.42. The fourth-order valence-corrected chi connectivity index (χ4v) is 3.62. The summed E-state index contributed by atoms with van der Waals surface area (Å²) >= 11 is 0. The number of ether oxygens (including phenoxy) is 1. The molecule has 0 amide bonds. The Labute approximate surface area is 113 Å². The van der Waals surface area contributed by atoms with Gasteiger partial charge in [-0.15, -0.1) is 0 Å². The van der Waals surface area contributed by atoms with Gasteiger partial charge < -0.3 is 4.74 Å². The zero-order valence-corrected chi connectivity index (χ0v) is 11.4. The predicted octanol–water partition coefficient (Wildman–Crippen LogP) is 2.48. The molecule has 0 saturated carbocycles. The number of esters is 1. The quantitative estimate of drug-likeness (QED) is 0.762. The molecule has 2 bridgehead atoms. The van der Waals surface area contributed by atoms with Crippen LogP contribution in [0.15, 0.2) is 42.0 Å². The molecule has 0 unspecified atom stereocenters. The summed E-state index contributed by atoms with van der Waals surface area (Å²) < 4.78 is 4.89. The van der Waals surface area contributed by atoms with E-state index in [2.05, 4.69) is 42.3 Å². The zero-order chi connectivity index (χ0) is 13.5. The molecular weight excluding hydrogens is 238 g/mol. The number of methoxy groups -OCH3 is 1. The number of hydrogen-bond acceptors (Lipinski definition) is 3. The van der Waals surface area contributed by atoms with Crippen LogP contribution in [0.25, 0.3) is 0 Å². The first-order valence-electron chi connectivity index (χ1n) is 6.76. The average molecular weight is 257 g/mol. The largest absolute Gasteiger partial charge is 0.466 e. The van der Waals surface area contributed by atoms with Crippen LogP contribution in [0, 0.1) is 0 Å².